The maximum absolute atomic E-state index is 13.5. The average Bonchev–Trinajstić information content (AvgIpc) is 3.23. The number of para-hydroxylation sites is 1. The first-order chi connectivity index (χ1) is 15.2. The maximum atomic E-state index is 13.5. The van der Waals surface area contributed by atoms with E-state index in [1.165, 1.54) is 5.39 Å². The summed E-state index contributed by atoms with van der Waals surface area (Å²) in [5, 5.41) is 3.02. The van der Waals surface area contributed by atoms with E-state index < -0.39 is 0 Å². The number of carbonyl (C=O) groups is 1. The van der Waals surface area contributed by atoms with Crippen LogP contribution in [0, 0.1) is 6.92 Å². The summed E-state index contributed by atoms with van der Waals surface area (Å²) in [6.45, 7) is 2.44. The second-order valence-electron chi connectivity index (χ2n) is 7.58. The number of amides is 1. The lowest BCUT2D eigenvalue weighted by Gasteiger charge is -2.20. The van der Waals surface area contributed by atoms with Crippen molar-refractivity contribution in [2.24, 2.45) is 0 Å². The molecule has 0 aliphatic heterocycles. The molecule has 152 valence electrons. The Morgan fingerprint density at radius 3 is 2.58 bits per heavy atom. The number of hydrogen-bond acceptors (Lipinski definition) is 4. The number of fused-ring (bicyclic) bond motifs is 2. The molecule has 0 saturated carbocycles. The zero-order chi connectivity index (χ0) is 21.2. The van der Waals surface area contributed by atoms with Gasteiger partial charge in [0.25, 0.3) is 0 Å². The highest BCUT2D eigenvalue weighted by molar-refractivity contribution is 7.22. The van der Waals surface area contributed by atoms with Crippen molar-refractivity contribution in [1.29, 1.82) is 0 Å². The molecule has 31 heavy (non-hydrogen) atoms. The molecule has 0 radical (unpaired) electrons. The van der Waals surface area contributed by atoms with E-state index in [0.717, 1.165) is 32.4 Å². The van der Waals surface area contributed by atoms with E-state index in [1.807, 2.05) is 55.5 Å². The molecule has 1 amide bonds. The number of hydrogen-bond donors (Lipinski definition) is 0. The van der Waals surface area contributed by atoms with Gasteiger partial charge < -0.3 is 0 Å². The monoisotopic (exact) mass is 423 g/mol. The average molecular weight is 424 g/mol. The number of anilines is 1. The molecule has 3 aromatic carbocycles. The van der Waals surface area contributed by atoms with Gasteiger partial charge in [0, 0.05) is 6.20 Å². The highest BCUT2D eigenvalue weighted by Gasteiger charge is 2.21. The molecule has 2 heterocycles. The Balaban J connectivity index is 1.50. The van der Waals surface area contributed by atoms with E-state index in [9.17, 15) is 4.79 Å². The number of carbonyl (C=O) groups excluding carboxylic acids is 1. The molecule has 0 bridgehead atoms. The van der Waals surface area contributed by atoms with Gasteiger partial charge in [0.2, 0.25) is 5.91 Å². The van der Waals surface area contributed by atoms with Crippen molar-refractivity contribution in [2.75, 3.05) is 4.90 Å². The predicted molar refractivity (Wildman–Crippen MR) is 127 cm³/mol. The Morgan fingerprint density at radius 2 is 1.77 bits per heavy atom. The predicted octanol–water partition coefficient (Wildman–Crippen LogP) is 5.93. The SMILES string of the molecule is Cc1cccc2sc(N(Cc3ccccn3)C(=O)Cc3ccc4ccccc4c3)nc12. The lowest BCUT2D eigenvalue weighted by molar-refractivity contribution is -0.118. The molecular formula is C26H21N3OS. The minimum Gasteiger partial charge on any atom is -0.282 e. The lowest BCUT2D eigenvalue weighted by atomic mass is 10.0. The number of nitrogens with zero attached hydrogens (tertiary/aromatic N) is 3. The third-order valence-electron chi connectivity index (χ3n) is 5.36. The van der Waals surface area contributed by atoms with Crippen LogP contribution in [0.5, 0.6) is 0 Å². The smallest absolute Gasteiger partial charge is 0.233 e. The van der Waals surface area contributed by atoms with E-state index in [1.54, 1.807) is 22.4 Å². The molecule has 0 unspecified atom stereocenters. The maximum Gasteiger partial charge on any atom is 0.233 e. The van der Waals surface area contributed by atoms with Gasteiger partial charge in [0.1, 0.15) is 0 Å². The molecule has 4 nitrogen and oxygen atoms in total. The highest BCUT2D eigenvalue weighted by Crippen LogP contribution is 2.32. The first-order valence-electron chi connectivity index (χ1n) is 10.2. The first kappa shape index (κ1) is 19.4. The van der Waals surface area contributed by atoms with Gasteiger partial charge in [-0.05, 0) is 47.0 Å². The van der Waals surface area contributed by atoms with Crippen molar-refractivity contribution < 1.29 is 4.79 Å². The van der Waals surface area contributed by atoms with Gasteiger partial charge >= 0.3 is 0 Å². The summed E-state index contributed by atoms with van der Waals surface area (Å²) < 4.78 is 1.08. The molecule has 5 rings (SSSR count). The molecule has 0 atom stereocenters. The molecule has 5 aromatic rings. The first-order valence-corrected chi connectivity index (χ1v) is 11.0. The van der Waals surface area contributed by atoms with Crippen LogP contribution < -0.4 is 4.90 Å². The van der Waals surface area contributed by atoms with Crippen molar-refractivity contribution in [2.45, 2.75) is 19.9 Å². The molecular weight excluding hydrogens is 402 g/mol. The quantitative estimate of drug-likeness (QED) is 0.352. The molecule has 0 aliphatic rings. The van der Waals surface area contributed by atoms with E-state index in [4.69, 9.17) is 4.98 Å². The van der Waals surface area contributed by atoms with Crippen LogP contribution in [0.4, 0.5) is 5.13 Å². The number of benzene rings is 3. The summed E-state index contributed by atoms with van der Waals surface area (Å²) in [5.41, 5.74) is 3.89. The van der Waals surface area contributed by atoms with Crippen LogP contribution >= 0.6 is 11.3 Å². The number of aryl methyl sites for hydroxylation is 1. The van der Waals surface area contributed by atoms with Crippen molar-refractivity contribution in [1.82, 2.24) is 9.97 Å². The number of rotatable bonds is 5. The Hall–Kier alpha value is -3.57. The van der Waals surface area contributed by atoms with Crippen LogP contribution in [-0.4, -0.2) is 15.9 Å². The largest absolute Gasteiger partial charge is 0.282 e. The zero-order valence-electron chi connectivity index (χ0n) is 17.2. The minimum absolute atomic E-state index is 0.0117. The van der Waals surface area contributed by atoms with Crippen molar-refractivity contribution in [3.05, 3.63) is 102 Å². The van der Waals surface area contributed by atoms with Gasteiger partial charge in [-0.15, -0.1) is 0 Å². The summed E-state index contributed by atoms with van der Waals surface area (Å²) in [6.07, 6.45) is 2.07. The fraction of sp³-hybridized carbons (Fsp3) is 0.115. The van der Waals surface area contributed by atoms with E-state index in [0.29, 0.717) is 18.1 Å². The molecule has 2 aromatic heterocycles. The van der Waals surface area contributed by atoms with Gasteiger partial charge in [-0.3, -0.25) is 14.7 Å². The van der Waals surface area contributed by atoms with Crippen LogP contribution in [-0.2, 0) is 17.8 Å². The summed E-state index contributed by atoms with van der Waals surface area (Å²) >= 11 is 1.55. The second-order valence-corrected chi connectivity index (χ2v) is 8.59. The van der Waals surface area contributed by atoms with E-state index >= 15 is 0 Å². The fourth-order valence-electron chi connectivity index (χ4n) is 3.72. The fourth-order valence-corrected chi connectivity index (χ4v) is 4.78. The molecule has 0 aliphatic carbocycles. The number of aromatic nitrogens is 2. The van der Waals surface area contributed by atoms with E-state index in [-0.39, 0.29) is 5.91 Å². The number of thiazole rings is 1. The third kappa shape index (κ3) is 4.05. The standard InChI is InChI=1S/C26H21N3OS/c1-18-7-6-11-23-25(18)28-26(31-23)29(17-22-10-4-5-14-27-22)24(30)16-19-12-13-20-8-2-3-9-21(20)15-19/h2-15H,16-17H2,1H3. The Kier molecular flexibility index (Phi) is 5.18. The Morgan fingerprint density at radius 1 is 0.935 bits per heavy atom. The summed E-state index contributed by atoms with van der Waals surface area (Å²) in [6, 6.07) is 26.3. The van der Waals surface area contributed by atoms with Crippen molar-refractivity contribution in [3.63, 3.8) is 0 Å². The molecule has 0 fully saturated rings. The van der Waals surface area contributed by atoms with Gasteiger partial charge in [-0.25, -0.2) is 4.98 Å². The zero-order valence-corrected chi connectivity index (χ0v) is 18.0. The topological polar surface area (TPSA) is 46.1 Å². The summed E-state index contributed by atoms with van der Waals surface area (Å²) in [5.74, 6) is 0.0117. The van der Waals surface area contributed by atoms with Crippen molar-refractivity contribution in [3.8, 4) is 0 Å². The minimum atomic E-state index is 0.0117. The van der Waals surface area contributed by atoms with Crippen LogP contribution in [0.25, 0.3) is 21.0 Å². The molecule has 0 N–H and O–H groups in total. The van der Waals surface area contributed by atoms with Crippen LogP contribution in [0.1, 0.15) is 16.8 Å². The normalized spacial score (nSPS) is 11.1. The van der Waals surface area contributed by atoms with Crippen LogP contribution in [0.15, 0.2) is 85.1 Å². The van der Waals surface area contributed by atoms with E-state index in [2.05, 4.69) is 35.3 Å². The number of pyridine rings is 1. The highest BCUT2D eigenvalue weighted by atomic mass is 32.1. The van der Waals surface area contributed by atoms with Gasteiger partial charge in [-0.2, -0.15) is 0 Å². The van der Waals surface area contributed by atoms with Crippen LogP contribution in [0.2, 0.25) is 0 Å². The molecule has 0 saturated heterocycles. The summed E-state index contributed by atoms with van der Waals surface area (Å²) in [4.78, 5) is 24.5. The molecule has 0 spiro atoms. The Bertz CT molecular complexity index is 1380. The van der Waals surface area contributed by atoms with Gasteiger partial charge in [0.05, 0.1) is 28.9 Å². The van der Waals surface area contributed by atoms with Crippen LogP contribution in [0.3, 0.4) is 0 Å². The lowest BCUT2D eigenvalue weighted by Crippen LogP contribution is -2.32. The van der Waals surface area contributed by atoms with Gasteiger partial charge in [-0.1, -0.05) is 72.0 Å². The third-order valence-corrected chi connectivity index (χ3v) is 6.40. The summed E-state index contributed by atoms with van der Waals surface area (Å²) in [7, 11) is 0. The second kappa shape index (κ2) is 8.28. The van der Waals surface area contributed by atoms with Crippen molar-refractivity contribution >= 4 is 43.4 Å². The van der Waals surface area contributed by atoms with Gasteiger partial charge in [0.15, 0.2) is 5.13 Å². The Labute approximate surface area is 184 Å². The molecule has 5 heteroatoms.